The maximum absolute atomic E-state index is 10.3. The van der Waals surface area contributed by atoms with Crippen molar-refractivity contribution in [3.05, 3.63) is 24.5 Å². The van der Waals surface area contributed by atoms with Crippen LogP contribution in [0.2, 0.25) is 0 Å². The molecule has 0 spiro atoms. The predicted molar refractivity (Wildman–Crippen MR) is 97.2 cm³/mol. The Morgan fingerprint density at radius 3 is 2.54 bits per heavy atom. The van der Waals surface area contributed by atoms with Gasteiger partial charge in [0.1, 0.15) is 18.5 Å². The normalized spacial score (nSPS) is 13.2. The molecule has 3 aromatic rings. The summed E-state index contributed by atoms with van der Waals surface area (Å²) in [5.41, 5.74) is 0.417. The van der Waals surface area contributed by atoms with E-state index in [9.17, 15) is 5.11 Å². The number of hydrogen-bond acceptors (Lipinski definition) is 7. The van der Waals surface area contributed by atoms with E-state index < -0.39 is 11.7 Å². The van der Waals surface area contributed by atoms with E-state index in [1.165, 1.54) is 0 Å². The SMILES string of the molecule is COc1cc2nc3occc3c(OC)c2cc1OCC(O)C(C)(C)OC. The van der Waals surface area contributed by atoms with Gasteiger partial charge < -0.3 is 28.5 Å². The summed E-state index contributed by atoms with van der Waals surface area (Å²) in [5.74, 6) is 1.62. The van der Waals surface area contributed by atoms with Crippen LogP contribution in [0.5, 0.6) is 17.2 Å². The van der Waals surface area contributed by atoms with Crippen LogP contribution in [0.15, 0.2) is 28.9 Å². The molecule has 0 aliphatic rings. The van der Waals surface area contributed by atoms with E-state index in [2.05, 4.69) is 4.98 Å². The van der Waals surface area contributed by atoms with Crippen molar-refractivity contribution in [2.24, 2.45) is 0 Å². The molecule has 0 radical (unpaired) electrons. The summed E-state index contributed by atoms with van der Waals surface area (Å²) in [6.45, 7) is 3.63. The third kappa shape index (κ3) is 3.15. The van der Waals surface area contributed by atoms with Gasteiger partial charge in [-0.2, -0.15) is 0 Å². The van der Waals surface area contributed by atoms with Gasteiger partial charge in [-0.3, -0.25) is 0 Å². The molecule has 1 N–H and O–H groups in total. The maximum Gasteiger partial charge on any atom is 0.230 e. The Morgan fingerprint density at radius 2 is 1.88 bits per heavy atom. The van der Waals surface area contributed by atoms with Gasteiger partial charge in [-0.25, -0.2) is 4.98 Å². The lowest BCUT2D eigenvalue weighted by atomic mass is 10.0. The molecule has 0 bridgehead atoms. The number of furan rings is 1. The molecule has 7 heteroatoms. The van der Waals surface area contributed by atoms with E-state index >= 15 is 0 Å². The van der Waals surface area contributed by atoms with E-state index in [0.29, 0.717) is 28.5 Å². The van der Waals surface area contributed by atoms with Crippen LogP contribution in [0.1, 0.15) is 13.8 Å². The number of fused-ring (bicyclic) bond motifs is 2. The highest BCUT2D eigenvalue weighted by Crippen LogP contribution is 2.39. The van der Waals surface area contributed by atoms with Crippen molar-refractivity contribution in [2.45, 2.75) is 25.6 Å². The third-order valence-corrected chi connectivity index (χ3v) is 4.57. The minimum atomic E-state index is -0.815. The number of rotatable bonds is 7. The van der Waals surface area contributed by atoms with Crippen molar-refractivity contribution in [1.82, 2.24) is 4.98 Å². The van der Waals surface area contributed by atoms with E-state index in [0.717, 1.165) is 10.8 Å². The highest BCUT2D eigenvalue weighted by molar-refractivity contribution is 6.00. The molecule has 2 heterocycles. The van der Waals surface area contributed by atoms with Crippen molar-refractivity contribution in [2.75, 3.05) is 27.9 Å². The molecule has 1 unspecified atom stereocenters. The summed E-state index contributed by atoms with van der Waals surface area (Å²) < 4.78 is 27.5. The van der Waals surface area contributed by atoms with Gasteiger partial charge >= 0.3 is 0 Å². The number of hydrogen-bond donors (Lipinski definition) is 1. The zero-order chi connectivity index (χ0) is 18.9. The van der Waals surface area contributed by atoms with Gasteiger partial charge in [0.15, 0.2) is 11.5 Å². The Kier molecular flexibility index (Phi) is 4.93. The summed E-state index contributed by atoms with van der Waals surface area (Å²) in [7, 11) is 4.69. The molecule has 140 valence electrons. The van der Waals surface area contributed by atoms with Crippen LogP contribution in [0, 0.1) is 0 Å². The molecule has 0 aliphatic carbocycles. The first-order valence-electron chi connectivity index (χ1n) is 8.20. The van der Waals surface area contributed by atoms with Crippen LogP contribution in [0.25, 0.3) is 22.0 Å². The average molecular weight is 361 g/mol. The van der Waals surface area contributed by atoms with Gasteiger partial charge in [-0.1, -0.05) is 0 Å². The highest BCUT2D eigenvalue weighted by Gasteiger charge is 2.28. The number of aliphatic hydroxyl groups is 1. The van der Waals surface area contributed by atoms with Gasteiger partial charge in [-0.05, 0) is 26.0 Å². The zero-order valence-corrected chi connectivity index (χ0v) is 15.5. The van der Waals surface area contributed by atoms with Crippen molar-refractivity contribution >= 4 is 22.0 Å². The Bertz CT molecular complexity index is 917. The molecule has 0 fully saturated rings. The van der Waals surface area contributed by atoms with Gasteiger partial charge in [0, 0.05) is 18.6 Å². The van der Waals surface area contributed by atoms with Crippen LogP contribution in [-0.2, 0) is 4.74 Å². The minimum Gasteiger partial charge on any atom is -0.495 e. The Labute approximate surface area is 151 Å². The lowest BCUT2D eigenvalue weighted by Gasteiger charge is -2.29. The van der Waals surface area contributed by atoms with Crippen LogP contribution in [0.3, 0.4) is 0 Å². The number of aliphatic hydroxyl groups excluding tert-OH is 1. The first-order valence-corrected chi connectivity index (χ1v) is 8.20. The standard InChI is InChI=1S/C19H23NO6/c1-19(2,24-5)16(21)10-26-15-8-12-13(9-14(15)22-3)20-18-11(6-7-25-18)17(12)23-4/h6-9,16,21H,10H2,1-5H3. The summed E-state index contributed by atoms with van der Waals surface area (Å²) in [6, 6.07) is 5.35. The second-order valence-corrected chi connectivity index (χ2v) is 6.44. The highest BCUT2D eigenvalue weighted by atomic mass is 16.5. The Balaban J connectivity index is 2.03. The quantitative estimate of drug-likeness (QED) is 0.692. The third-order valence-electron chi connectivity index (χ3n) is 4.57. The summed E-state index contributed by atoms with van der Waals surface area (Å²) in [4.78, 5) is 4.49. The molecular weight excluding hydrogens is 338 g/mol. The molecule has 26 heavy (non-hydrogen) atoms. The monoisotopic (exact) mass is 361 g/mol. The van der Waals surface area contributed by atoms with E-state index in [-0.39, 0.29) is 6.61 Å². The lowest BCUT2D eigenvalue weighted by Crippen LogP contribution is -2.42. The topological polar surface area (TPSA) is 83.2 Å². The van der Waals surface area contributed by atoms with Crippen molar-refractivity contribution < 1.29 is 28.5 Å². The number of nitrogens with zero attached hydrogens (tertiary/aromatic N) is 1. The fourth-order valence-corrected chi connectivity index (χ4v) is 2.64. The Hall–Kier alpha value is -2.51. The van der Waals surface area contributed by atoms with Crippen LogP contribution >= 0.6 is 0 Å². The largest absolute Gasteiger partial charge is 0.495 e. The molecule has 7 nitrogen and oxygen atoms in total. The maximum atomic E-state index is 10.3. The van der Waals surface area contributed by atoms with E-state index in [1.54, 1.807) is 59.6 Å². The van der Waals surface area contributed by atoms with Crippen LogP contribution < -0.4 is 14.2 Å². The molecule has 1 aromatic carbocycles. The molecule has 0 saturated carbocycles. The second kappa shape index (κ2) is 7.01. The number of aromatic nitrogens is 1. The van der Waals surface area contributed by atoms with E-state index in [4.69, 9.17) is 23.4 Å². The minimum absolute atomic E-state index is 0.0480. The number of pyridine rings is 1. The van der Waals surface area contributed by atoms with Gasteiger partial charge in [-0.15, -0.1) is 0 Å². The lowest BCUT2D eigenvalue weighted by molar-refractivity contribution is -0.0916. The second-order valence-electron chi connectivity index (χ2n) is 6.44. The summed E-state index contributed by atoms with van der Waals surface area (Å²) >= 11 is 0. The molecule has 3 rings (SSSR count). The van der Waals surface area contributed by atoms with Crippen molar-refractivity contribution in [3.8, 4) is 17.2 Å². The first kappa shape index (κ1) is 18.3. The molecule has 0 amide bonds. The fourth-order valence-electron chi connectivity index (χ4n) is 2.64. The summed E-state index contributed by atoms with van der Waals surface area (Å²) in [5, 5.41) is 11.8. The van der Waals surface area contributed by atoms with Gasteiger partial charge in [0.2, 0.25) is 5.71 Å². The zero-order valence-electron chi connectivity index (χ0n) is 15.5. The first-order chi connectivity index (χ1) is 12.4. The fraction of sp³-hybridized carbons (Fsp3) is 0.421. The molecule has 2 aromatic heterocycles. The van der Waals surface area contributed by atoms with Crippen molar-refractivity contribution in [1.29, 1.82) is 0 Å². The molecule has 0 saturated heterocycles. The number of ether oxygens (including phenoxy) is 4. The number of benzene rings is 1. The van der Waals surface area contributed by atoms with Gasteiger partial charge in [0.05, 0.1) is 37.0 Å². The number of methoxy groups -OCH3 is 3. The molecule has 1 atom stereocenters. The predicted octanol–water partition coefficient (Wildman–Crippen LogP) is 3.16. The Morgan fingerprint density at radius 1 is 1.12 bits per heavy atom. The van der Waals surface area contributed by atoms with Gasteiger partial charge in [0.25, 0.3) is 0 Å². The van der Waals surface area contributed by atoms with Crippen LogP contribution in [-0.4, -0.2) is 49.7 Å². The smallest absolute Gasteiger partial charge is 0.230 e. The van der Waals surface area contributed by atoms with Crippen molar-refractivity contribution in [3.63, 3.8) is 0 Å². The molecular formula is C19H23NO6. The van der Waals surface area contributed by atoms with E-state index in [1.807, 2.05) is 0 Å². The average Bonchev–Trinajstić information content (AvgIpc) is 3.11. The van der Waals surface area contributed by atoms with Crippen LogP contribution in [0.4, 0.5) is 0 Å². The summed E-state index contributed by atoms with van der Waals surface area (Å²) in [6.07, 6.45) is 0.751. The molecule has 0 aliphatic heterocycles.